The summed E-state index contributed by atoms with van der Waals surface area (Å²) >= 11 is 1.80. The standard InChI is InChI=1S/C19H20FNO2S/c20-16-8-6-15(7-9-16)18(22)21-14-19(10-12-23-13-11-19)24-17-4-2-1-3-5-17/h1-9H,10-14H2,(H,21,22). The molecule has 2 aromatic rings. The Balaban J connectivity index is 1.68. The molecule has 0 saturated carbocycles. The molecular weight excluding hydrogens is 325 g/mol. The summed E-state index contributed by atoms with van der Waals surface area (Å²) in [6.45, 7) is 1.96. The topological polar surface area (TPSA) is 38.3 Å². The van der Waals surface area contributed by atoms with Gasteiger partial charge in [0.15, 0.2) is 0 Å². The molecule has 0 spiro atoms. The predicted molar refractivity (Wildman–Crippen MR) is 93.8 cm³/mol. The smallest absolute Gasteiger partial charge is 0.251 e. The lowest BCUT2D eigenvalue weighted by atomic mass is 9.99. The first kappa shape index (κ1) is 17.0. The molecule has 1 aliphatic heterocycles. The number of carbonyl (C=O) groups excluding carboxylic acids is 1. The SMILES string of the molecule is O=C(NCC1(Sc2ccccc2)CCOCC1)c1ccc(F)cc1. The van der Waals surface area contributed by atoms with Gasteiger partial charge in [0.2, 0.25) is 0 Å². The van der Waals surface area contributed by atoms with Crippen LogP contribution >= 0.6 is 11.8 Å². The van der Waals surface area contributed by atoms with Gasteiger partial charge in [-0.25, -0.2) is 4.39 Å². The van der Waals surface area contributed by atoms with Crippen LogP contribution in [0.3, 0.4) is 0 Å². The van der Waals surface area contributed by atoms with E-state index >= 15 is 0 Å². The van der Waals surface area contributed by atoms with Crippen LogP contribution in [0.1, 0.15) is 23.2 Å². The zero-order chi connectivity index (χ0) is 16.8. The van der Waals surface area contributed by atoms with Crippen molar-refractivity contribution in [2.75, 3.05) is 19.8 Å². The molecule has 1 N–H and O–H groups in total. The molecule has 3 nitrogen and oxygen atoms in total. The van der Waals surface area contributed by atoms with Gasteiger partial charge in [-0.3, -0.25) is 4.79 Å². The van der Waals surface area contributed by atoms with Gasteiger partial charge in [0.25, 0.3) is 5.91 Å². The molecular formula is C19H20FNO2S. The summed E-state index contributed by atoms with van der Waals surface area (Å²) in [7, 11) is 0. The second-order valence-electron chi connectivity index (χ2n) is 5.90. The maximum atomic E-state index is 13.0. The summed E-state index contributed by atoms with van der Waals surface area (Å²) in [4.78, 5) is 13.5. The van der Waals surface area contributed by atoms with Crippen LogP contribution in [0.4, 0.5) is 4.39 Å². The Morgan fingerprint density at radius 1 is 1.08 bits per heavy atom. The van der Waals surface area contributed by atoms with E-state index in [1.807, 2.05) is 18.2 Å². The first-order chi connectivity index (χ1) is 11.7. The van der Waals surface area contributed by atoms with E-state index in [1.54, 1.807) is 11.8 Å². The zero-order valence-electron chi connectivity index (χ0n) is 13.3. The highest BCUT2D eigenvalue weighted by atomic mass is 32.2. The molecule has 1 aliphatic rings. The van der Waals surface area contributed by atoms with E-state index in [2.05, 4.69) is 17.4 Å². The third-order valence-electron chi connectivity index (χ3n) is 4.16. The first-order valence-electron chi connectivity index (χ1n) is 8.02. The fourth-order valence-corrected chi connectivity index (χ4v) is 4.05. The van der Waals surface area contributed by atoms with E-state index in [9.17, 15) is 9.18 Å². The van der Waals surface area contributed by atoms with Crippen LogP contribution in [-0.4, -0.2) is 30.4 Å². The number of nitrogens with one attached hydrogen (secondary N) is 1. The predicted octanol–water partition coefficient (Wildman–Crippen LogP) is 3.90. The number of carbonyl (C=O) groups is 1. The monoisotopic (exact) mass is 345 g/mol. The van der Waals surface area contributed by atoms with Gasteiger partial charge in [-0.2, -0.15) is 0 Å². The van der Waals surface area contributed by atoms with Crippen LogP contribution in [0.5, 0.6) is 0 Å². The van der Waals surface area contributed by atoms with Crippen LogP contribution in [0.15, 0.2) is 59.5 Å². The molecule has 0 aliphatic carbocycles. The molecule has 2 aromatic carbocycles. The van der Waals surface area contributed by atoms with Crippen LogP contribution in [0.25, 0.3) is 0 Å². The van der Waals surface area contributed by atoms with Gasteiger partial charge in [0.1, 0.15) is 5.82 Å². The van der Waals surface area contributed by atoms with Crippen molar-refractivity contribution < 1.29 is 13.9 Å². The molecule has 126 valence electrons. The molecule has 1 amide bonds. The Hall–Kier alpha value is -1.85. The lowest BCUT2D eigenvalue weighted by Gasteiger charge is -2.36. The lowest BCUT2D eigenvalue weighted by molar-refractivity contribution is 0.0741. The maximum absolute atomic E-state index is 13.0. The van der Waals surface area contributed by atoms with Gasteiger partial charge in [0.05, 0.1) is 0 Å². The van der Waals surface area contributed by atoms with Gasteiger partial charge in [0, 0.05) is 35.0 Å². The molecule has 0 atom stereocenters. The normalized spacial score (nSPS) is 16.5. The van der Waals surface area contributed by atoms with Crippen LogP contribution < -0.4 is 5.32 Å². The summed E-state index contributed by atoms with van der Waals surface area (Å²) in [5, 5.41) is 3.01. The molecule has 1 heterocycles. The van der Waals surface area contributed by atoms with Gasteiger partial charge in [-0.1, -0.05) is 18.2 Å². The Kier molecular flexibility index (Phi) is 5.53. The first-order valence-corrected chi connectivity index (χ1v) is 8.84. The molecule has 0 aromatic heterocycles. The second-order valence-corrected chi connectivity index (χ2v) is 7.44. The molecule has 5 heteroatoms. The van der Waals surface area contributed by atoms with Gasteiger partial charge < -0.3 is 10.1 Å². The molecule has 1 saturated heterocycles. The molecule has 3 rings (SSSR count). The number of hydrogen-bond acceptors (Lipinski definition) is 3. The maximum Gasteiger partial charge on any atom is 0.251 e. The summed E-state index contributed by atoms with van der Waals surface area (Å²) in [6.07, 6.45) is 1.77. The Morgan fingerprint density at radius 2 is 1.75 bits per heavy atom. The van der Waals surface area contributed by atoms with Crippen molar-refractivity contribution in [1.82, 2.24) is 5.32 Å². The van der Waals surface area contributed by atoms with Gasteiger partial charge >= 0.3 is 0 Å². The van der Waals surface area contributed by atoms with Crippen molar-refractivity contribution in [3.8, 4) is 0 Å². The highest BCUT2D eigenvalue weighted by molar-refractivity contribution is 8.00. The number of halogens is 1. The second kappa shape index (κ2) is 7.81. The molecule has 1 fully saturated rings. The lowest BCUT2D eigenvalue weighted by Crippen LogP contribution is -2.44. The van der Waals surface area contributed by atoms with Crippen LogP contribution in [0, 0.1) is 5.82 Å². The summed E-state index contributed by atoms with van der Waals surface area (Å²) < 4.78 is 18.4. The van der Waals surface area contributed by atoms with E-state index in [4.69, 9.17) is 4.74 Å². The van der Waals surface area contributed by atoms with Gasteiger partial charge in [-0.05, 0) is 49.2 Å². The Labute approximate surface area is 145 Å². The third-order valence-corrected chi connectivity index (χ3v) is 5.65. The number of ether oxygens (including phenoxy) is 1. The van der Waals surface area contributed by atoms with Crippen molar-refractivity contribution >= 4 is 17.7 Å². The third kappa shape index (κ3) is 4.36. The number of benzene rings is 2. The molecule has 0 unspecified atom stereocenters. The minimum Gasteiger partial charge on any atom is -0.381 e. The van der Waals surface area contributed by atoms with Crippen LogP contribution in [-0.2, 0) is 4.74 Å². The number of thioether (sulfide) groups is 1. The van der Waals surface area contributed by atoms with Crippen molar-refractivity contribution in [2.45, 2.75) is 22.5 Å². The zero-order valence-corrected chi connectivity index (χ0v) is 14.2. The number of rotatable bonds is 5. The highest BCUT2D eigenvalue weighted by Gasteiger charge is 2.34. The average molecular weight is 345 g/mol. The summed E-state index contributed by atoms with van der Waals surface area (Å²) in [5.41, 5.74) is 0.475. The minimum absolute atomic E-state index is 0.0741. The largest absolute Gasteiger partial charge is 0.381 e. The van der Waals surface area contributed by atoms with Crippen molar-refractivity contribution in [2.24, 2.45) is 0 Å². The quantitative estimate of drug-likeness (QED) is 0.893. The fraction of sp³-hybridized carbons (Fsp3) is 0.316. The molecule has 24 heavy (non-hydrogen) atoms. The van der Waals surface area contributed by atoms with E-state index in [-0.39, 0.29) is 16.5 Å². The van der Waals surface area contributed by atoms with E-state index < -0.39 is 0 Å². The highest BCUT2D eigenvalue weighted by Crippen LogP contribution is 2.40. The van der Waals surface area contributed by atoms with E-state index in [0.717, 1.165) is 12.8 Å². The molecule has 0 bridgehead atoms. The van der Waals surface area contributed by atoms with Crippen LogP contribution in [0.2, 0.25) is 0 Å². The Morgan fingerprint density at radius 3 is 2.42 bits per heavy atom. The fourth-order valence-electron chi connectivity index (χ4n) is 2.74. The Bertz CT molecular complexity index is 670. The number of hydrogen-bond donors (Lipinski definition) is 1. The average Bonchev–Trinajstić information content (AvgIpc) is 2.62. The summed E-state index contributed by atoms with van der Waals surface area (Å²) in [6, 6.07) is 15.8. The van der Waals surface area contributed by atoms with Crippen molar-refractivity contribution in [3.05, 3.63) is 66.0 Å². The van der Waals surface area contributed by atoms with E-state index in [0.29, 0.717) is 25.3 Å². The van der Waals surface area contributed by atoms with Crippen molar-refractivity contribution in [1.29, 1.82) is 0 Å². The minimum atomic E-state index is -0.341. The molecule has 0 radical (unpaired) electrons. The summed E-state index contributed by atoms with van der Waals surface area (Å²) in [5.74, 6) is -0.512. The van der Waals surface area contributed by atoms with Gasteiger partial charge in [-0.15, -0.1) is 11.8 Å². The van der Waals surface area contributed by atoms with Crippen molar-refractivity contribution in [3.63, 3.8) is 0 Å². The number of amides is 1. The van der Waals surface area contributed by atoms with E-state index in [1.165, 1.54) is 29.2 Å².